The van der Waals surface area contributed by atoms with Crippen LogP contribution >= 0.6 is 0 Å². The molecule has 0 saturated heterocycles. The van der Waals surface area contributed by atoms with E-state index in [4.69, 9.17) is 4.11 Å². The second-order valence-corrected chi connectivity index (χ2v) is 2.32. The lowest BCUT2D eigenvalue weighted by molar-refractivity contribution is -0.148. The highest BCUT2D eigenvalue weighted by molar-refractivity contribution is 5.77. The third kappa shape index (κ3) is 1.88. The lowest BCUT2D eigenvalue weighted by Crippen LogP contribution is -2.22. The summed E-state index contributed by atoms with van der Waals surface area (Å²) in [7, 11) is -2.67. The van der Waals surface area contributed by atoms with Crippen LogP contribution in [-0.2, 0) is 9.53 Å². The topological polar surface area (TPSA) is 26.3 Å². The number of carbonyl (C=O) groups is 1. The van der Waals surface area contributed by atoms with Crippen molar-refractivity contribution in [2.75, 3.05) is 7.04 Å². The zero-order chi connectivity index (χ0) is 9.99. The third-order valence-corrected chi connectivity index (χ3v) is 1.13. The molecule has 0 heterocycles. The minimum Gasteiger partial charge on any atom is -0.468 e. The number of hydrogen-bond acceptors (Lipinski definition) is 2. The molecule has 0 atom stereocenters. The van der Waals surface area contributed by atoms with Crippen molar-refractivity contribution < 1.29 is 13.6 Å². The first-order valence-corrected chi connectivity index (χ1v) is 2.56. The molecule has 0 aliphatic carbocycles. The molecule has 9 heavy (non-hydrogen) atoms. The lowest BCUT2D eigenvalue weighted by atomic mass is 9.94. The molecular weight excluding hydrogens is 116 g/mol. The molecule has 0 fully saturated rings. The predicted molar refractivity (Wildman–Crippen MR) is 36.0 cm³/mol. The van der Waals surface area contributed by atoms with Crippen LogP contribution in [0.2, 0.25) is 0 Å². The Bertz CT molecular complexity index is 193. The van der Waals surface area contributed by atoms with Gasteiger partial charge in [-0.15, -0.1) is 6.58 Å². The fraction of sp³-hybridized carbons (Fsp3) is 0.571. The van der Waals surface area contributed by atoms with Crippen LogP contribution in [0, 0.1) is 5.41 Å². The number of esters is 1. The number of hydrogen-bond donors (Lipinski definition) is 0. The first-order valence-electron chi connectivity index (χ1n) is 4.06. The first kappa shape index (κ1) is 4.09. The number of rotatable bonds is 2. The zero-order valence-electron chi connectivity index (χ0n) is 8.60. The van der Waals surface area contributed by atoms with Gasteiger partial charge in [0.25, 0.3) is 0 Å². The van der Waals surface area contributed by atoms with Crippen LogP contribution in [0.5, 0.6) is 0 Å². The molecule has 0 aromatic heterocycles. The van der Waals surface area contributed by atoms with Crippen LogP contribution in [0.25, 0.3) is 0 Å². The van der Waals surface area contributed by atoms with Gasteiger partial charge >= 0.3 is 5.97 Å². The Morgan fingerprint density at radius 3 is 2.78 bits per heavy atom. The summed E-state index contributed by atoms with van der Waals surface area (Å²) in [4.78, 5) is 11.1. The standard InChI is InChI=1S/C7H12O2/c1-5-7(2,3)6(8)9-4/h5H,1H2,2-4H3/i4D3. The summed E-state index contributed by atoms with van der Waals surface area (Å²) in [6.45, 7) is 6.47. The number of ether oxygens (including phenoxy) is 1. The third-order valence-electron chi connectivity index (χ3n) is 1.13. The summed E-state index contributed by atoms with van der Waals surface area (Å²) in [5, 5.41) is 0. The van der Waals surface area contributed by atoms with Crippen molar-refractivity contribution in [1.82, 2.24) is 0 Å². The van der Waals surface area contributed by atoms with E-state index in [0.717, 1.165) is 0 Å². The van der Waals surface area contributed by atoms with E-state index < -0.39 is 18.4 Å². The fourth-order valence-electron chi connectivity index (χ4n) is 0.215. The largest absolute Gasteiger partial charge is 0.468 e. The molecule has 52 valence electrons. The molecule has 0 aliphatic heterocycles. The van der Waals surface area contributed by atoms with E-state index in [-0.39, 0.29) is 0 Å². The van der Waals surface area contributed by atoms with Crippen molar-refractivity contribution in [3.05, 3.63) is 12.7 Å². The van der Waals surface area contributed by atoms with Crippen LogP contribution in [-0.4, -0.2) is 13.0 Å². The van der Waals surface area contributed by atoms with E-state index in [2.05, 4.69) is 11.3 Å². The van der Waals surface area contributed by atoms with Crippen molar-refractivity contribution >= 4 is 5.97 Å². The average Bonchev–Trinajstić information content (AvgIpc) is 1.84. The molecule has 0 aromatic rings. The van der Waals surface area contributed by atoms with Gasteiger partial charge in [-0.2, -0.15) is 0 Å². The van der Waals surface area contributed by atoms with Crippen molar-refractivity contribution in [3.63, 3.8) is 0 Å². The first-order chi connectivity index (χ1) is 5.19. The van der Waals surface area contributed by atoms with Gasteiger partial charge in [-0.25, -0.2) is 0 Å². The highest BCUT2D eigenvalue weighted by Gasteiger charge is 2.23. The molecular formula is C7H12O2. The van der Waals surface area contributed by atoms with Gasteiger partial charge in [-0.3, -0.25) is 4.79 Å². The summed E-state index contributed by atoms with van der Waals surface area (Å²) in [5.74, 6) is -0.794. The Morgan fingerprint density at radius 2 is 2.44 bits per heavy atom. The van der Waals surface area contributed by atoms with Crippen LogP contribution < -0.4 is 0 Å². The van der Waals surface area contributed by atoms with Gasteiger partial charge in [0.15, 0.2) is 0 Å². The Hall–Kier alpha value is -0.790. The Labute approximate surface area is 59.7 Å². The van der Waals surface area contributed by atoms with Crippen LogP contribution in [0.4, 0.5) is 0 Å². The van der Waals surface area contributed by atoms with E-state index in [1.807, 2.05) is 0 Å². The van der Waals surface area contributed by atoms with Gasteiger partial charge in [0.2, 0.25) is 0 Å². The van der Waals surface area contributed by atoms with Crippen LogP contribution in [0.1, 0.15) is 18.0 Å². The normalized spacial score (nSPS) is 16.9. The molecule has 0 radical (unpaired) electrons. The van der Waals surface area contributed by atoms with Gasteiger partial charge in [-0.1, -0.05) is 6.08 Å². The van der Waals surface area contributed by atoms with Crippen molar-refractivity contribution in [2.24, 2.45) is 5.41 Å². The fourth-order valence-corrected chi connectivity index (χ4v) is 0.215. The molecule has 0 amide bonds. The molecule has 2 nitrogen and oxygen atoms in total. The summed E-state index contributed by atoms with van der Waals surface area (Å²) >= 11 is 0. The van der Waals surface area contributed by atoms with Crippen LogP contribution in [0.3, 0.4) is 0 Å². The molecule has 0 spiro atoms. The maximum absolute atomic E-state index is 11.1. The highest BCUT2D eigenvalue weighted by atomic mass is 16.5. The van der Waals surface area contributed by atoms with Gasteiger partial charge < -0.3 is 4.74 Å². The predicted octanol–water partition coefficient (Wildman–Crippen LogP) is 1.37. The summed E-state index contributed by atoms with van der Waals surface area (Å²) in [5.41, 5.74) is -0.950. The van der Waals surface area contributed by atoms with E-state index in [1.165, 1.54) is 19.9 Å². The monoisotopic (exact) mass is 131 g/mol. The van der Waals surface area contributed by atoms with Crippen molar-refractivity contribution in [2.45, 2.75) is 13.8 Å². The molecule has 0 aromatic carbocycles. The van der Waals surface area contributed by atoms with E-state index in [9.17, 15) is 4.79 Å². The molecule has 0 saturated carbocycles. The van der Waals surface area contributed by atoms with Gasteiger partial charge in [0.05, 0.1) is 16.6 Å². The molecule has 0 N–H and O–H groups in total. The maximum atomic E-state index is 11.1. The smallest absolute Gasteiger partial charge is 0.315 e. The molecule has 0 aliphatic rings. The SMILES string of the molecule is [2H]C([2H])([2H])OC(=O)C(C)(C)C=C. The molecule has 0 bridgehead atoms. The van der Waals surface area contributed by atoms with E-state index in [0.29, 0.717) is 0 Å². The molecule has 0 unspecified atom stereocenters. The average molecular weight is 131 g/mol. The van der Waals surface area contributed by atoms with Crippen molar-refractivity contribution in [1.29, 1.82) is 0 Å². The highest BCUT2D eigenvalue weighted by Crippen LogP contribution is 2.16. The van der Waals surface area contributed by atoms with E-state index in [1.54, 1.807) is 0 Å². The van der Waals surface area contributed by atoms with Gasteiger partial charge in [-0.05, 0) is 13.8 Å². The number of carbonyl (C=O) groups excluding carboxylic acids is 1. The Kier molecular flexibility index (Phi) is 1.21. The minimum atomic E-state index is -2.67. The second-order valence-electron chi connectivity index (χ2n) is 2.32. The quantitative estimate of drug-likeness (QED) is 0.418. The lowest BCUT2D eigenvalue weighted by Gasteiger charge is -2.14. The molecule has 0 rings (SSSR count). The summed E-state index contributed by atoms with van der Waals surface area (Å²) < 4.78 is 24.2. The minimum absolute atomic E-state index is 0.794. The van der Waals surface area contributed by atoms with Crippen LogP contribution in [0.15, 0.2) is 12.7 Å². The summed E-state index contributed by atoms with van der Waals surface area (Å²) in [6.07, 6.45) is 1.35. The second kappa shape index (κ2) is 2.67. The van der Waals surface area contributed by atoms with Gasteiger partial charge in [0.1, 0.15) is 0 Å². The molecule has 2 heteroatoms. The van der Waals surface area contributed by atoms with Crippen molar-refractivity contribution in [3.8, 4) is 0 Å². The Morgan fingerprint density at radius 1 is 1.89 bits per heavy atom. The van der Waals surface area contributed by atoms with E-state index >= 15 is 0 Å². The number of methoxy groups -OCH3 is 1. The summed E-state index contributed by atoms with van der Waals surface area (Å²) in [6, 6.07) is 0. The van der Waals surface area contributed by atoms with Gasteiger partial charge in [0, 0.05) is 0 Å². The zero-order valence-corrected chi connectivity index (χ0v) is 5.60. The Balaban J connectivity index is 4.33. The maximum Gasteiger partial charge on any atom is 0.315 e.